The average molecular weight is 435 g/mol. The number of carbonyl (C=O) groups excluding carboxylic acids is 2. The van der Waals surface area contributed by atoms with Gasteiger partial charge >= 0.3 is 0 Å². The first-order valence-electron chi connectivity index (χ1n) is 10.0. The molecule has 1 aromatic heterocycles. The second-order valence-corrected chi connectivity index (χ2v) is 6.33. The molecule has 7 heteroatoms. The van der Waals surface area contributed by atoms with Crippen LogP contribution in [0.4, 0.5) is 0 Å². The van der Waals surface area contributed by atoms with Gasteiger partial charge in [0, 0.05) is 20.3 Å². The molecular formula is C25H30N4O3. The molecule has 0 atom stereocenters. The van der Waals surface area contributed by atoms with E-state index in [0.29, 0.717) is 24.3 Å². The summed E-state index contributed by atoms with van der Waals surface area (Å²) in [6.45, 7) is 7.80. The van der Waals surface area contributed by atoms with E-state index in [9.17, 15) is 9.59 Å². The summed E-state index contributed by atoms with van der Waals surface area (Å²) in [6.07, 6.45) is 16.0. The van der Waals surface area contributed by atoms with E-state index in [1.807, 2.05) is 38.2 Å². The number of hydrogen-bond donors (Lipinski definition) is 2. The lowest BCUT2D eigenvalue weighted by molar-refractivity contribution is -0.118. The molecule has 7 nitrogen and oxygen atoms in total. The van der Waals surface area contributed by atoms with Gasteiger partial charge in [-0.15, -0.1) is 0 Å². The Hall–Kier alpha value is -4.00. The first-order chi connectivity index (χ1) is 15.5. The zero-order valence-electron chi connectivity index (χ0n) is 19.0. The third-order valence-electron chi connectivity index (χ3n) is 4.07. The summed E-state index contributed by atoms with van der Waals surface area (Å²) in [5, 5.41) is 5.43. The van der Waals surface area contributed by atoms with Gasteiger partial charge in [-0.05, 0) is 55.4 Å². The Bertz CT molecular complexity index is 965. The molecule has 0 aliphatic rings. The Morgan fingerprint density at radius 1 is 1.31 bits per heavy atom. The molecule has 0 fully saturated rings. The molecular weight excluding hydrogens is 404 g/mol. The smallest absolute Gasteiger partial charge is 0.271 e. The maximum absolute atomic E-state index is 12.6. The molecule has 0 radical (unpaired) electrons. The number of allylic oxidation sites excluding steroid dienone is 7. The molecule has 1 heterocycles. The highest BCUT2D eigenvalue weighted by Crippen LogP contribution is 2.13. The van der Waals surface area contributed by atoms with E-state index in [0.717, 1.165) is 11.1 Å². The van der Waals surface area contributed by atoms with Crippen molar-refractivity contribution in [3.05, 3.63) is 89.6 Å². The Labute approximate surface area is 189 Å². The summed E-state index contributed by atoms with van der Waals surface area (Å²) >= 11 is 0. The van der Waals surface area contributed by atoms with Crippen LogP contribution in [0.25, 0.3) is 6.08 Å². The molecule has 1 rings (SSSR count). The van der Waals surface area contributed by atoms with Gasteiger partial charge in [0.2, 0.25) is 0 Å². The normalized spacial score (nSPS) is 13.4. The number of carbonyl (C=O) groups is 2. The Morgan fingerprint density at radius 3 is 2.62 bits per heavy atom. The lowest BCUT2D eigenvalue weighted by Crippen LogP contribution is -2.30. The molecule has 0 spiro atoms. The number of pyridine rings is 1. The SMILES string of the molecule is C=C/C(=C\C=NC)COc1ccc(/C=C(\NC)C(=O)N\C(C=O)=C/C(/C=C\C)=C/C)nc1. The highest BCUT2D eigenvalue weighted by Gasteiger charge is 2.10. The first-order valence-corrected chi connectivity index (χ1v) is 10.0. The number of nitrogens with one attached hydrogen (secondary N) is 2. The van der Waals surface area contributed by atoms with Gasteiger partial charge in [0.25, 0.3) is 5.91 Å². The van der Waals surface area contributed by atoms with Crippen molar-refractivity contribution < 1.29 is 14.3 Å². The van der Waals surface area contributed by atoms with Crippen LogP contribution < -0.4 is 15.4 Å². The van der Waals surface area contributed by atoms with Crippen molar-refractivity contribution in [2.24, 2.45) is 4.99 Å². The molecule has 2 N–H and O–H groups in total. The van der Waals surface area contributed by atoms with E-state index in [1.54, 1.807) is 56.9 Å². The van der Waals surface area contributed by atoms with Crippen LogP contribution in [0.2, 0.25) is 0 Å². The number of hydrogen-bond acceptors (Lipinski definition) is 6. The Kier molecular flexibility index (Phi) is 12.1. The topological polar surface area (TPSA) is 92.7 Å². The van der Waals surface area contributed by atoms with Crippen LogP contribution in [0.1, 0.15) is 19.5 Å². The monoisotopic (exact) mass is 434 g/mol. The van der Waals surface area contributed by atoms with Crippen molar-refractivity contribution in [2.45, 2.75) is 13.8 Å². The van der Waals surface area contributed by atoms with Crippen LogP contribution in [0.3, 0.4) is 0 Å². The standard InChI is InChI=1S/C25H30N4O3/c1-6-9-19(7-2)14-22(17-30)29-25(31)24(27-5)15-21-10-11-23(16-28-21)32-18-20(8-3)12-13-26-4/h6-17,27H,3,18H2,1-2,4-5H3,(H,29,31)/b9-6-,19-7+,20-12+,22-14-,24-15-,26-13?. The quantitative estimate of drug-likeness (QED) is 0.227. The molecule has 1 aromatic rings. The van der Waals surface area contributed by atoms with Crippen molar-refractivity contribution in [1.82, 2.24) is 15.6 Å². The van der Waals surface area contributed by atoms with Gasteiger partial charge in [0.05, 0.1) is 17.6 Å². The summed E-state index contributed by atoms with van der Waals surface area (Å²) in [6, 6.07) is 3.48. The van der Waals surface area contributed by atoms with Crippen LogP contribution in [-0.2, 0) is 9.59 Å². The van der Waals surface area contributed by atoms with Crippen molar-refractivity contribution in [1.29, 1.82) is 0 Å². The van der Waals surface area contributed by atoms with E-state index in [2.05, 4.69) is 27.2 Å². The van der Waals surface area contributed by atoms with E-state index in [4.69, 9.17) is 4.74 Å². The highest BCUT2D eigenvalue weighted by molar-refractivity contribution is 6.00. The fourth-order valence-electron chi connectivity index (χ4n) is 2.37. The molecule has 1 amide bonds. The van der Waals surface area contributed by atoms with Gasteiger partial charge in [-0.1, -0.05) is 30.9 Å². The van der Waals surface area contributed by atoms with Crippen molar-refractivity contribution >= 4 is 24.5 Å². The second-order valence-electron chi connectivity index (χ2n) is 6.33. The first kappa shape index (κ1) is 26.0. The van der Waals surface area contributed by atoms with E-state index in [-0.39, 0.29) is 11.4 Å². The van der Waals surface area contributed by atoms with Crippen LogP contribution in [0.5, 0.6) is 5.75 Å². The summed E-state index contributed by atoms with van der Waals surface area (Å²) in [5.74, 6) is 0.120. The van der Waals surface area contributed by atoms with Crippen molar-refractivity contribution in [3.63, 3.8) is 0 Å². The van der Waals surface area contributed by atoms with Gasteiger partial charge in [0.1, 0.15) is 18.1 Å². The predicted molar refractivity (Wildman–Crippen MR) is 130 cm³/mol. The lowest BCUT2D eigenvalue weighted by Gasteiger charge is -2.09. The number of ether oxygens (including phenoxy) is 1. The minimum Gasteiger partial charge on any atom is -0.487 e. The number of aldehydes is 1. The number of aliphatic imine (C=N–C) groups is 1. The van der Waals surface area contributed by atoms with Gasteiger partial charge in [-0.3, -0.25) is 19.6 Å². The van der Waals surface area contributed by atoms with Gasteiger partial charge in [-0.2, -0.15) is 0 Å². The maximum Gasteiger partial charge on any atom is 0.271 e. The summed E-state index contributed by atoms with van der Waals surface area (Å²) in [5.41, 5.74) is 2.64. The zero-order valence-corrected chi connectivity index (χ0v) is 19.0. The number of likely N-dealkylation sites (N-methyl/N-ethyl adjacent to an activating group) is 1. The minimum absolute atomic E-state index is 0.151. The second kappa shape index (κ2) is 14.9. The van der Waals surface area contributed by atoms with Crippen LogP contribution in [0, 0.1) is 0 Å². The largest absolute Gasteiger partial charge is 0.487 e. The fraction of sp³-hybridized carbons (Fsp3) is 0.200. The molecule has 32 heavy (non-hydrogen) atoms. The summed E-state index contributed by atoms with van der Waals surface area (Å²) in [4.78, 5) is 32.2. The van der Waals surface area contributed by atoms with Crippen molar-refractivity contribution in [3.8, 4) is 5.75 Å². The molecule has 0 unspecified atom stereocenters. The number of aromatic nitrogens is 1. The van der Waals surface area contributed by atoms with Gasteiger partial charge in [0.15, 0.2) is 6.29 Å². The number of rotatable bonds is 12. The lowest BCUT2D eigenvalue weighted by atomic mass is 10.2. The molecule has 0 saturated carbocycles. The molecule has 0 aliphatic heterocycles. The predicted octanol–water partition coefficient (Wildman–Crippen LogP) is 3.56. The van der Waals surface area contributed by atoms with Crippen LogP contribution in [0.15, 0.2) is 88.9 Å². The molecule has 0 aliphatic carbocycles. The molecule has 0 bridgehead atoms. The minimum atomic E-state index is -0.456. The number of nitrogens with zero attached hydrogens (tertiary/aromatic N) is 2. The molecule has 0 aromatic carbocycles. The third-order valence-corrected chi connectivity index (χ3v) is 4.07. The zero-order chi connectivity index (χ0) is 23.8. The van der Waals surface area contributed by atoms with Crippen LogP contribution in [-0.4, -0.2) is 44.1 Å². The number of amides is 1. The van der Waals surface area contributed by atoms with E-state index < -0.39 is 5.91 Å². The average Bonchev–Trinajstić information content (AvgIpc) is 2.82. The van der Waals surface area contributed by atoms with Crippen LogP contribution >= 0.6 is 0 Å². The molecule has 168 valence electrons. The summed E-state index contributed by atoms with van der Waals surface area (Å²) in [7, 11) is 3.31. The third kappa shape index (κ3) is 9.21. The fourth-order valence-corrected chi connectivity index (χ4v) is 2.37. The van der Waals surface area contributed by atoms with E-state index in [1.165, 1.54) is 0 Å². The Balaban J connectivity index is 2.91. The Morgan fingerprint density at radius 2 is 2.09 bits per heavy atom. The van der Waals surface area contributed by atoms with Gasteiger partial charge in [-0.25, -0.2) is 0 Å². The highest BCUT2D eigenvalue weighted by atomic mass is 16.5. The molecule has 0 saturated heterocycles. The van der Waals surface area contributed by atoms with Gasteiger partial charge < -0.3 is 15.4 Å². The maximum atomic E-state index is 12.6. The van der Waals surface area contributed by atoms with E-state index >= 15 is 0 Å². The summed E-state index contributed by atoms with van der Waals surface area (Å²) < 4.78 is 5.69. The van der Waals surface area contributed by atoms with Crippen molar-refractivity contribution in [2.75, 3.05) is 20.7 Å².